The fourth-order valence-corrected chi connectivity index (χ4v) is 4.81. The van der Waals surface area contributed by atoms with Crippen LogP contribution in [0.5, 0.6) is 0 Å². The minimum absolute atomic E-state index is 0.0405. The summed E-state index contributed by atoms with van der Waals surface area (Å²) in [7, 11) is 0. The number of amides is 1. The van der Waals surface area contributed by atoms with Crippen LogP contribution in [0.25, 0.3) is 0 Å². The molecule has 0 bridgehead atoms. The lowest BCUT2D eigenvalue weighted by Crippen LogP contribution is -2.16. The Labute approximate surface area is 157 Å². The van der Waals surface area contributed by atoms with Gasteiger partial charge in [-0.05, 0) is 36.1 Å². The first-order valence-electron chi connectivity index (χ1n) is 8.47. The zero-order chi connectivity index (χ0) is 17.6. The maximum Gasteiger partial charge on any atom is 0.255 e. The van der Waals surface area contributed by atoms with E-state index in [0.717, 1.165) is 56.8 Å². The Morgan fingerprint density at radius 3 is 2.76 bits per heavy atom. The molecule has 3 rings (SSSR count). The molecule has 5 heteroatoms. The van der Waals surface area contributed by atoms with Gasteiger partial charge in [0.1, 0.15) is 4.38 Å². The number of thioether (sulfide) groups is 2. The van der Waals surface area contributed by atoms with E-state index in [-0.39, 0.29) is 5.91 Å². The van der Waals surface area contributed by atoms with E-state index < -0.39 is 0 Å². The smallest absolute Gasteiger partial charge is 0.255 e. The Morgan fingerprint density at radius 1 is 1.20 bits per heavy atom. The van der Waals surface area contributed by atoms with Gasteiger partial charge in [0.15, 0.2) is 0 Å². The highest BCUT2D eigenvalue weighted by molar-refractivity contribution is 8.38. The van der Waals surface area contributed by atoms with Gasteiger partial charge < -0.3 is 5.32 Å². The van der Waals surface area contributed by atoms with Crippen molar-refractivity contribution >= 4 is 39.5 Å². The fraction of sp³-hybridized carbons (Fsp3) is 0.300. The third kappa shape index (κ3) is 4.47. The van der Waals surface area contributed by atoms with E-state index in [1.54, 1.807) is 23.5 Å². The van der Waals surface area contributed by atoms with Crippen LogP contribution in [0.1, 0.15) is 34.0 Å². The number of carbonyl (C=O) groups excluding carboxylic acids is 1. The van der Waals surface area contributed by atoms with E-state index in [4.69, 9.17) is 0 Å². The molecule has 0 atom stereocenters. The van der Waals surface area contributed by atoms with Crippen LogP contribution < -0.4 is 5.32 Å². The van der Waals surface area contributed by atoms with Crippen molar-refractivity contribution in [2.75, 3.05) is 17.6 Å². The minimum atomic E-state index is -0.0405. The summed E-state index contributed by atoms with van der Waals surface area (Å²) in [5.41, 5.74) is 4.98. The predicted octanol–water partition coefficient (Wildman–Crippen LogP) is 5.15. The molecule has 130 valence electrons. The molecule has 2 aromatic carbocycles. The summed E-state index contributed by atoms with van der Waals surface area (Å²) in [4.78, 5) is 17.4. The molecule has 0 unspecified atom stereocenters. The number of hydrogen-bond acceptors (Lipinski definition) is 4. The van der Waals surface area contributed by atoms with Crippen molar-refractivity contribution in [3.8, 4) is 0 Å². The van der Waals surface area contributed by atoms with E-state index in [0.29, 0.717) is 0 Å². The molecule has 1 aliphatic rings. The standard InChI is InChI=1S/C20H22N2OS2/c1-3-15-9-6-7-14(2)18(15)22-19(23)17-10-5-4-8-16(17)13-25-20-21-11-12-24-20/h4-10H,3,11-13H2,1-2H3,(H,22,23). The van der Waals surface area contributed by atoms with Crippen LogP contribution in [-0.4, -0.2) is 22.6 Å². The van der Waals surface area contributed by atoms with Crippen molar-refractivity contribution in [1.82, 2.24) is 0 Å². The summed E-state index contributed by atoms with van der Waals surface area (Å²) < 4.78 is 1.13. The molecule has 25 heavy (non-hydrogen) atoms. The SMILES string of the molecule is CCc1cccc(C)c1NC(=O)c1ccccc1CSC1=NCCS1. The lowest BCUT2D eigenvalue weighted by atomic mass is 10.0. The number of hydrogen-bond donors (Lipinski definition) is 1. The number of carbonyl (C=O) groups is 1. The van der Waals surface area contributed by atoms with E-state index in [1.165, 1.54) is 0 Å². The molecule has 0 spiro atoms. The fourth-order valence-electron chi connectivity index (χ4n) is 2.79. The van der Waals surface area contributed by atoms with E-state index in [9.17, 15) is 4.79 Å². The van der Waals surface area contributed by atoms with Crippen molar-refractivity contribution in [1.29, 1.82) is 0 Å². The molecule has 0 aliphatic carbocycles. The lowest BCUT2D eigenvalue weighted by molar-refractivity contribution is 0.102. The molecular weight excluding hydrogens is 348 g/mol. The van der Waals surface area contributed by atoms with Gasteiger partial charge in [0.05, 0.1) is 6.54 Å². The molecule has 1 amide bonds. The second-order valence-electron chi connectivity index (χ2n) is 5.86. The minimum Gasteiger partial charge on any atom is -0.321 e. The molecule has 1 N–H and O–H groups in total. The van der Waals surface area contributed by atoms with Crippen LogP contribution in [0.15, 0.2) is 47.5 Å². The Hall–Kier alpha value is -1.72. The van der Waals surface area contributed by atoms with Crippen molar-refractivity contribution < 1.29 is 4.79 Å². The zero-order valence-corrected chi connectivity index (χ0v) is 16.2. The van der Waals surface area contributed by atoms with Crippen LogP contribution in [-0.2, 0) is 12.2 Å². The van der Waals surface area contributed by atoms with Crippen LogP contribution in [0.3, 0.4) is 0 Å². The number of rotatable bonds is 5. The maximum atomic E-state index is 12.9. The highest BCUT2D eigenvalue weighted by Crippen LogP contribution is 2.27. The molecule has 3 nitrogen and oxygen atoms in total. The Kier molecular flexibility index (Phi) is 6.21. The number of aryl methyl sites for hydroxylation is 2. The third-order valence-corrected chi connectivity index (χ3v) is 6.45. The van der Waals surface area contributed by atoms with Gasteiger partial charge in [-0.2, -0.15) is 0 Å². The summed E-state index contributed by atoms with van der Waals surface area (Å²) in [6.07, 6.45) is 0.895. The van der Waals surface area contributed by atoms with E-state index in [1.807, 2.05) is 43.3 Å². The molecule has 0 saturated carbocycles. The van der Waals surface area contributed by atoms with Crippen LogP contribution in [0.2, 0.25) is 0 Å². The van der Waals surface area contributed by atoms with E-state index >= 15 is 0 Å². The van der Waals surface area contributed by atoms with Crippen LogP contribution in [0, 0.1) is 6.92 Å². The van der Waals surface area contributed by atoms with Gasteiger partial charge >= 0.3 is 0 Å². The van der Waals surface area contributed by atoms with Crippen molar-refractivity contribution in [3.63, 3.8) is 0 Å². The average Bonchev–Trinajstić information content (AvgIpc) is 3.15. The summed E-state index contributed by atoms with van der Waals surface area (Å²) in [6.45, 7) is 5.04. The van der Waals surface area contributed by atoms with E-state index in [2.05, 4.69) is 23.3 Å². The lowest BCUT2D eigenvalue weighted by Gasteiger charge is -2.14. The van der Waals surface area contributed by atoms with Gasteiger partial charge in [-0.25, -0.2) is 0 Å². The molecule has 0 radical (unpaired) electrons. The summed E-state index contributed by atoms with van der Waals surface area (Å²) >= 11 is 3.52. The number of nitrogens with zero attached hydrogens (tertiary/aromatic N) is 1. The first kappa shape index (κ1) is 18.1. The zero-order valence-electron chi connectivity index (χ0n) is 14.5. The number of benzene rings is 2. The summed E-state index contributed by atoms with van der Waals surface area (Å²) in [5.74, 6) is 1.79. The molecule has 0 aromatic heterocycles. The Morgan fingerprint density at radius 2 is 2.00 bits per heavy atom. The van der Waals surface area contributed by atoms with Gasteiger partial charge in [0.2, 0.25) is 0 Å². The predicted molar refractivity (Wildman–Crippen MR) is 111 cm³/mol. The molecule has 1 aliphatic heterocycles. The highest BCUT2D eigenvalue weighted by Gasteiger charge is 2.15. The topological polar surface area (TPSA) is 41.5 Å². The second-order valence-corrected chi connectivity index (χ2v) is 8.16. The van der Waals surface area contributed by atoms with Crippen molar-refractivity contribution in [2.24, 2.45) is 4.99 Å². The number of aliphatic imine (C=N–C) groups is 1. The summed E-state index contributed by atoms with van der Waals surface area (Å²) in [5, 5.41) is 3.13. The maximum absolute atomic E-state index is 12.9. The van der Waals surface area contributed by atoms with Gasteiger partial charge in [-0.15, -0.1) is 0 Å². The number of para-hydroxylation sites is 1. The molecule has 1 heterocycles. The highest BCUT2D eigenvalue weighted by atomic mass is 32.2. The van der Waals surface area contributed by atoms with Crippen LogP contribution in [0.4, 0.5) is 5.69 Å². The van der Waals surface area contributed by atoms with Gasteiger partial charge in [-0.1, -0.05) is 66.8 Å². The van der Waals surface area contributed by atoms with Gasteiger partial charge in [0, 0.05) is 22.8 Å². The molecule has 0 fully saturated rings. The first-order valence-corrected chi connectivity index (χ1v) is 10.4. The second kappa shape index (κ2) is 8.59. The number of nitrogens with one attached hydrogen (secondary N) is 1. The Bertz CT molecular complexity index is 802. The third-order valence-electron chi connectivity index (χ3n) is 4.15. The number of anilines is 1. The van der Waals surface area contributed by atoms with Crippen molar-refractivity contribution in [2.45, 2.75) is 26.0 Å². The largest absolute Gasteiger partial charge is 0.321 e. The summed E-state index contributed by atoms with van der Waals surface area (Å²) in [6, 6.07) is 14.0. The van der Waals surface area contributed by atoms with Gasteiger partial charge in [-0.3, -0.25) is 9.79 Å². The van der Waals surface area contributed by atoms with Gasteiger partial charge in [0.25, 0.3) is 5.91 Å². The quantitative estimate of drug-likeness (QED) is 0.792. The molecule has 0 saturated heterocycles. The Balaban J connectivity index is 1.78. The average molecular weight is 371 g/mol. The first-order chi connectivity index (χ1) is 12.2. The van der Waals surface area contributed by atoms with Crippen molar-refractivity contribution in [3.05, 3.63) is 64.7 Å². The molecular formula is C20H22N2OS2. The molecule has 2 aromatic rings. The monoisotopic (exact) mass is 370 g/mol. The normalized spacial score (nSPS) is 13.6. The van der Waals surface area contributed by atoms with Crippen LogP contribution >= 0.6 is 23.5 Å².